The van der Waals surface area contributed by atoms with Gasteiger partial charge in [-0.2, -0.15) is 8.61 Å². The molecule has 36 heavy (non-hydrogen) atoms. The number of carbonyl (C=O) groups excluding carboxylic acids is 1. The average molecular weight is 563 g/mol. The summed E-state index contributed by atoms with van der Waals surface area (Å²) in [5, 5.41) is 9.24. The number of rotatable bonds is 11. The van der Waals surface area contributed by atoms with Crippen molar-refractivity contribution in [3.8, 4) is 10.4 Å². The molecule has 2 heterocycles. The van der Waals surface area contributed by atoms with E-state index in [1.807, 2.05) is 13.8 Å². The molecule has 1 atom stereocenters. The summed E-state index contributed by atoms with van der Waals surface area (Å²) in [6.07, 6.45) is 0.404. The number of hydrogen-bond donors (Lipinski definition) is 2. The monoisotopic (exact) mass is 562 g/mol. The van der Waals surface area contributed by atoms with E-state index in [0.717, 1.165) is 33.0 Å². The van der Waals surface area contributed by atoms with Crippen molar-refractivity contribution in [3.63, 3.8) is 0 Å². The zero-order valence-corrected chi connectivity index (χ0v) is 22.6. The molecule has 2 N–H and O–H groups in total. The molecular formula is C22H31FN4O6S3. The Kier molecular flexibility index (Phi) is 9.60. The maximum Gasteiger partial charge on any atom is 0.263 e. The topological polar surface area (TPSA) is 127 Å². The second-order valence-electron chi connectivity index (χ2n) is 8.29. The van der Waals surface area contributed by atoms with Crippen molar-refractivity contribution in [1.29, 1.82) is 0 Å². The standard InChI is InChI=1S/C22H31FN4O6S3/c1-3-25(4-2)12-5-15-35(30,31)26-13-14-27(19(16-26)22(28)24-29)36(32,33)21-11-10-20(34-21)17-6-8-18(23)9-7-17/h6-11,19,29H,3-5,12-16H2,1-2H3,(H,24,28)/t19-/m1/s1. The predicted octanol–water partition coefficient (Wildman–Crippen LogP) is 1.80. The van der Waals surface area contributed by atoms with Gasteiger partial charge in [0.2, 0.25) is 10.0 Å². The first kappa shape index (κ1) is 28.6. The lowest BCUT2D eigenvalue weighted by Gasteiger charge is -2.38. The summed E-state index contributed by atoms with van der Waals surface area (Å²) < 4.78 is 67.9. The van der Waals surface area contributed by atoms with Crippen molar-refractivity contribution in [1.82, 2.24) is 19.0 Å². The zero-order chi connectivity index (χ0) is 26.5. The minimum absolute atomic E-state index is 0.0481. The predicted molar refractivity (Wildman–Crippen MR) is 135 cm³/mol. The highest BCUT2D eigenvalue weighted by molar-refractivity contribution is 7.91. The number of carbonyl (C=O) groups is 1. The van der Waals surface area contributed by atoms with Crippen LogP contribution in [0.2, 0.25) is 0 Å². The molecule has 1 fully saturated rings. The van der Waals surface area contributed by atoms with Crippen molar-refractivity contribution in [2.45, 2.75) is 30.5 Å². The van der Waals surface area contributed by atoms with Crippen LogP contribution < -0.4 is 5.48 Å². The van der Waals surface area contributed by atoms with Gasteiger partial charge in [0.25, 0.3) is 15.9 Å². The molecule has 3 rings (SSSR count). The number of amides is 1. The van der Waals surface area contributed by atoms with Crippen LogP contribution in [-0.2, 0) is 24.8 Å². The van der Waals surface area contributed by atoms with Gasteiger partial charge in [-0.25, -0.2) is 26.7 Å². The van der Waals surface area contributed by atoms with E-state index in [0.29, 0.717) is 23.4 Å². The Morgan fingerprint density at radius 3 is 2.39 bits per heavy atom. The lowest BCUT2D eigenvalue weighted by molar-refractivity contribution is -0.134. The third-order valence-electron chi connectivity index (χ3n) is 6.14. The highest BCUT2D eigenvalue weighted by atomic mass is 32.2. The molecule has 1 aromatic carbocycles. The Labute approximate surface area is 215 Å². The first-order valence-electron chi connectivity index (χ1n) is 11.5. The molecule has 0 spiro atoms. The zero-order valence-electron chi connectivity index (χ0n) is 20.1. The second-order valence-corrected chi connectivity index (χ2v) is 13.6. The Hall–Kier alpha value is -1.94. The van der Waals surface area contributed by atoms with E-state index >= 15 is 0 Å². The molecule has 14 heteroatoms. The molecule has 0 radical (unpaired) electrons. The van der Waals surface area contributed by atoms with Gasteiger partial charge in [-0.15, -0.1) is 11.3 Å². The molecule has 1 saturated heterocycles. The summed E-state index contributed by atoms with van der Waals surface area (Å²) in [4.78, 5) is 15.1. The van der Waals surface area contributed by atoms with Crippen molar-refractivity contribution >= 4 is 37.3 Å². The van der Waals surface area contributed by atoms with Crippen LogP contribution in [0.5, 0.6) is 0 Å². The molecular weight excluding hydrogens is 531 g/mol. The first-order valence-corrected chi connectivity index (χ1v) is 15.4. The van der Waals surface area contributed by atoms with Crippen LogP contribution in [0.25, 0.3) is 10.4 Å². The summed E-state index contributed by atoms with van der Waals surface area (Å²) in [6.45, 7) is 5.43. The number of nitrogens with one attached hydrogen (secondary N) is 1. The maximum atomic E-state index is 13.4. The van der Waals surface area contributed by atoms with Crippen LogP contribution >= 0.6 is 11.3 Å². The van der Waals surface area contributed by atoms with Crippen molar-refractivity contribution in [2.24, 2.45) is 0 Å². The summed E-state index contributed by atoms with van der Waals surface area (Å²) in [5.41, 5.74) is 2.10. The summed E-state index contributed by atoms with van der Waals surface area (Å²) in [7, 11) is -7.93. The van der Waals surface area contributed by atoms with Gasteiger partial charge < -0.3 is 4.90 Å². The van der Waals surface area contributed by atoms with Crippen molar-refractivity contribution in [3.05, 3.63) is 42.2 Å². The lowest BCUT2D eigenvalue weighted by Crippen LogP contribution is -2.61. The van der Waals surface area contributed by atoms with Gasteiger partial charge >= 0.3 is 0 Å². The fourth-order valence-corrected chi connectivity index (χ4v) is 8.54. The SMILES string of the molecule is CCN(CC)CCCS(=O)(=O)N1CCN(S(=O)(=O)c2ccc(-c3ccc(F)cc3)s2)[C@@H](C(=O)NO)C1. The van der Waals surface area contributed by atoms with Gasteiger partial charge in [-0.05, 0) is 55.9 Å². The third-order valence-corrected chi connectivity index (χ3v) is 11.6. The van der Waals surface area contributed by atoms with Crippen LogP contribution in [0.3, 0.4) is 0 Å². The highest BCUT2D eigenvalue weighted by Crippen LogP contribution is 2.34. The third kappa shape index (κ3) is 6.49. The minimum Gasteiger partial charge on any atom is -0.304 e. The Morgan fingerprint density at radius 1 is 1.11 bits per heavy atom. The summed E-state index contributed by atoms with van der Waals surface area (Å²) in [6, 6.07) is 7.14. The molecule has 1 aliphatic heterocycles. The van der Waals surface area contributed by atoms with Gasteiger partial charge in [0.15, 0.2) is 0 Å². The van der Waals surface area contributed by atoms with E-state index in [1.54, 1.807) is 6.07 Å². The lowest BCUT2D eigenvalue weighted by atomic mass is 10.2. The molecule has 1 amide bonds. The van der Waals surface area contributed by atoms with E-state index in [1.165, 1.54) is 35.8 Å². The molecule has 0 bridgehead atoms. The molecule has 2 aromatic rings. The van der Waals surface area contributed by atoms with E-state index in [2.05, 4.69) is 4.90 Å². The number of halogens is 1. The van der Waals surface area contributed by atoms with Gasteiger partial charge in [0.1, 0.15) is 16.1 Å². The largest absolute Gasteiger partial charge is 0.304 e. The maximum absolute atomic E-state index is 13.4. The van der Waals surface area contributed by atoms with Gasteiger partial charge in [-0.3, -0.25) is 10.0 Å². The Morgan fingerprint density at radius 2 is 1.78 bits per heavy atom. The fraction of sp³-hybridized carbons (Fsp3) is 0.500. The second kappa shape index (κ2) is 12.1. The molecule has 0 saturated carbocycles. The Balaban J connectivity index is 1.78. The first-order chi connectivity index (χ1) is 17.0. The van der Waals surface area contributed by atoms with Crippen LogP contribution in [-0.4, -0.2) is 92.5 Å². The van der Waals surface area contributed by atoms with E-state index in [9.17, 15) is 31.2 Å². The number of sulfonamides is 2. The van der Waals surface area contributed by atoms with Crippen LogP contribution in [0, 0.1) is 5.82 Å². The molecule has 1 aliphatic rings. The number of thiophene rings is 1. The molecule has 0 aliphatic carbocycles. The summed E-state index contributed by atoms with van der Waals surface area (Å²) in [5.74, 6) is -1.56. The smallest absolute Gasteiger partial charge is 0.263 e. The van der Waals surface area contributed by atoms with Gasteiger partial charge in [-0.1, -0.05) is 26.0 Å². The van der Waals surface area contributed by atoms with Gasteiger partial charge in [0, 0.05) is 24.5 Å². The van der Waals surface area contributed by atoms with Crippen LogP contribution in [0.15, 0.2) is 40.6 Å². The highest BCUT2D eigenvalue weighted by Gasteiger charge is 2.43. The van der Waals surface area contributed by atoms with Crippen LogP contribution in [0.4, 0.5) is 4.39 Å². The van der Waals surface area contributed by atoms with Gasteiger partial charge in [0.05, 0.1) is 5.75 Å². The van der Waals surface area contributed by atoms with E-state index in [-0.39, 0.29) is 23.1 Å². The van der Waals surface area contributed by atoms with E-state index in [4.69, 9.17) is 0 Å². The number of hydrogen-bond acceptors (Lipinski definition) is 8. The van der Waals surface area contributed by atoms with E-state index < -0.39 is 44.4 Å². The number of piperazine rings is 1. The molecule has 0 unspecified atom stereocenters. The molecule has 200 valence electrons. The number of nitrogens with zero attached hydrogens (tertiary/aromatic N) is 3. The average Bonchev–Trinajstić information content (AvgIpc) is 3.37. The fourth-order valence-electron chi connectivity index (χ4n) is 4.05. The van der Waals surface area contributed by atoms with Crippen LogP contribution in [0.1, 0.15) is 20.3 Å². The summed E-state index contributed by atoms with van der Waals surface area (Å²) >= 11 is 0.955. The van der Waals surface area contributed by atoms with Crippen molar-refractivity contribution < 1.29 is 31.2 Å². The normalized spacial score (nSPS) is 18.0. The number of hydroxylamine groups is 1. The Bertz CT molecular complexity index is 1250. The quantitative estimate of drug-likeness (QED) is 0.316. The minimum atomic E-state index is -4.19. The number of benzene rings is 1. The van der Waals surface area contributed by atoms with Crippen molar-refractivity contribution in [2.75, 3.05) is 45.0 Å². The molecule has 1 aromatic heterocycles. The molecule has 10 nitrogen and oxygen atoms in total.